The molecule has 15 heteroatoms. The predicted molar refractivity (Wildman–Crippen MR) is 83.4 cm³/mol. The molecule has 0 aromatic heterocycles. The normalized spacial score (nSPS) is 10.9. The van der Waals surface area contributed by atoms with Crippen molar-refractivity contribution in [3.63, 3.8) is 0 Å². The number of unbranched alkanes of at least 4 members (excludes halogenated alkanes) is 1. The first-order chi connectivity index (χ1) is 7.91. The standard InChI is InChI=1S/C4H10.3H3O3PS/c1-3-4-2;3*1-4(2,3)5/h3-4H2,1-2H3;3*(H3,1,2,3,5). The van der Waals surface area contributed by atoms with E-state index in [1.165, 1.54) is 12.8 Å². The summed E-state index contributed by atoms with van der Waals surface area (Å²) in [6.45, 7) is -7.06. The lowest BCUT2D eigenvalue weighted by molar-refractivity contribution is 0.361. The molecule has 0 saturated carbocycles. The number of rotatable bonds is 1. The Bertz CT molecular complexity index is 244. The van der Waals surface area contributed by atoms with Gasteiger partial charge in [-0.2, -0.15) is 0 Å². The molecular weight excluding hydrogens is 381 g/mol. The lowest BCUT2D eigenvalue weighted by Crippen LogP contribution is -1.65. The highest BCUT2D eigenvalue weighted by Gasteiger charge is 1.93. The molecule has 0 fully saturated rings. The van der Waals surface area contributed by atoms with Crippen LogP contribution in [0.1, 0.15) is 26.7 Å². The lowest BCUT2D eigenvalue weighted by Gasteiger charge is -1.88. The van der Waals surface area contributed by atoms with Crippen molar-refractivity contribution in [2.24, 2.45) is 0 Å². The minimum Gasteiger partial charge on any atom is -0.325 e. The molecule has 0 amide bonds. The van der Waals surface area contributed by atoms with Gasteiger partial charge in [0.25, 0.3) is 0 Å². The van der Waals surface area contributed by atoms with Gasteiger partial charge in [0, 0.05) is 0 Å². The first-order valence-electron chi connectivity index (χ1n) is 4.26. The summed E-state index contributed by atoms with van der Waals surface area (Å²) in [6, 6.07) is 0. The smallest absolute Gasteiger partial charge is 0.319 e. The Labute approximate surface area is 126 Å². The van der Waals surface area contributed by atoms with Crippen LogP contribution in [0.2, 0.25) is 0 Å². The van der Waals surface area contributed by atoms with Crippen LogP contribution in [-0.2, 0) is 35.4 Å². The van der Waals surface area contributed by atoms with Crippen LogP contribution in [0.5, 0.6) is 0 Å². The topological polar surface area (TPSA) is 182 Å². The van der Waals surface area contributed by atoms with Gasteiger partial charge in [0.05, 0.1) is 0 Å². The molecule has 0 rings (SSSR count). The highest BCUT2D eigenvalue weighted by molar-refractivity contribution is 8.06. The third-order valence-electron chi connectivity index (χ3n) is 0.500. The van der Waals surface area contributed by atoms with E-state index in [1.54, 1.807) is 0 Å². The van der Waals surface area contributed by atoms with E-state index < -0.39 is 20.2 Å². The third kappa shape index (κ3) is 904. The van der Waals surface area contributed by atoms with Crippen LogP contribution >= 0.6 is 20.2 Å². The van der Waals surface area contributed by atoms with Gasteiger partial charge in [0.2, 0.25) is 0 Å². The first-order valence-corrected chi connectivity index (χ1v) is 12.2. The molecule has 9 nitrogen and oxygen atoms in total. The van der Waals surface area contributed by atoms with Crippen molar-refractivity contribution < 1.29 is 44.0 Å². The number of hydrogen-bond acceptors (Lipinski definition) is 3. The summed E-state index contributed by atoms with van der Waals surface area (Å²) in [5.74, 6) is 0. The van der Waals surface area contributed by atoms with Gasteiger partial charge in [-0.05, 0) is 35.4 Å². The van der Waals surface area contributed by atoms with E-state index in [9.17, 15) is 0 Å². The predicted octanol–water partition coefficient (Wildman–Crippen LogP) is -0.630. The molecule has 0 aliphatic heterocycles. The van der Waals surface area contributed by atoms with Crippen LogP contribution < -0.4 is 0 Å². The van der Waals surface area contributed by atoms with E-state index >= 15 is 0 Å². The average Bonchev–Trinajstić information content (AvgIpc) is 1.93. The Kier molecular flexibility index (Phi) is 21.9. The van der Waals surface area contributed by atoms with Gasteiger partial charge in [-0.1, -0.05) is 26.7 Å². The fourth-order valence-electron chi connectivity index (χ4n) is 0. The highest BCUT2D eigenvalue weighted by Crippen LogP contribution is 2.27. The summed E-state index contributed by atoms with van der Waals surface area (Å²) in [7, 11) is 0. The van der Waals surface area contributed by atoms with E-state index in [0.717, 1.165) is 0 Å². The average molecular weight is 400 g/mol. The van der Waals surface area contributed by atoms with Gasteiger partial charge >= 0.3 is 20.2 Å². The van der Waals surface area contributed by atoms with Crippen LogP contribution in [0.15, 0.2) is 0 Å². The van der Waals surface area contributed by atoms with E-state index in [4.69, 9.17) is 44.0 Å². The van der Waals surface area contributed by atoms with Crippen LogP contribution in [0, 0.1) is 0 Å². The molecule has 19 heavy (non-hydrogen) atoms. The quantitative estimate of drug-likeness (QED) is 0.255. The second-order valence-corrected chi connectivity index (χ2v) is 10.0. The van der Waals surface area contributed by atoms with Crippen molar-refractivity contribution in [2.45, 2.75) is 26.7 Å². The second-order valence-electron chi connectivity index (χ2n) is 2.54. The van der Waals surface area contributed by atoms with Gasteiger partial charge in [0.15, 0.2) is 0 Å². The van der Waals surface area contributed by atoms with Gasteiger partial charge in [-0.25, -0.2) is 0 Å². The van der Waals surface area contributed by atoms with E-state index in [0.29, 0.717) is 0 Å². The maximum absolute atomic E-state index is 7.56. The SMILES string of the molecule is CCCC.OP(O)(O)=S.OP(O)(O)=S.OP(O)(O)=S. The molecule has 0 saturated heterocycles. The summed E-state index contributed by atoms with van der Waals surface area (Å²) in [6.07, 6.45) is 2.64. The summed E-state index contributed by atoms with van der Waals surface area (Å²) in [5, 5.41) is 0. The summed E-state index contributed by atoms with van der Waals surface area (Å²) < 4.78 is 0. The second kappa shape index (κ2) is 14.5. The van der Waals surface area contributed by atoms with Crippen molar-refractivity contribution in [2.75, 3.05) is 0 Å². The zero-order chi connectivity index (χ0) is 16.9. The molecule has 0 aliphatic carbocycles. The maximum Gasteiger partial charge on any atom is 0.319 e. The molecule has 0 unspecified atom stereocenters. The maximum atomic E-state index is 7.56. The third-order valence-corrected chi connectivity index (χ3v) is 0.500. The molecule has 0 bridgehead atoms. The van der Waals surface area contributed by atoms with Crippen molar-refractivity contribution >= 4 is 55.6 Å². The molecule has 122 valence electrons. The van der Waals surface area contributed by atoms with Crippen molar-refractivity contribution in [3.8, 4) is 0 Å². The molecule has 0 aliphatic rings. The molecule has 0 radical (unpaired) electrons. The van der Waals surface area contributed by atoms with Gasteiger partial charge in [-0.3, -0.25) is 0 Å². The Hall–Kier alpha value is 1.59. The van der Waals surface area contributed by atoms with Crippen LogP contribution in [-0.4, -0.2) is 44.0 Å². The van der Waals surface area contributed by atoms with Gasteiger partial charge in [-0.15, -0.1) is 0 Å². The first kappa shape index (κ1) is 28.7. The van der Waals surface area contributed by atoms with E-state index in [2.05, 4.69) is 49.3 Å². The molecule has 0 spiro atoms. The van der Waals surface area contributed by atoms with E-state index in [-0.39, 0.29) is 0 Å². The lowest BCUT2D eigenvalue weighted by atomic mass is 10.4. The van der Waals surface area contributed by atoms with E-state index in [1.807, 2.05) is 0 Å². The Morgan fingerprint density at radius 3 is 0.579 bits per heavy atom. The van der Waals surface area contributed by atoms with Crippen LogP contribution in [0.4, 0.5) is 0 Å². The van der Waals surface area contributed by atoms with Crippen molar-refractivity contribution in [1.29, 1.82) is 0 Å². The van der Waals surface area contributed by atoms with Gasteiger partial charge in [0.1, 0.15) is 0 Å². The Morgan fingerprint density at radius 1 is 0.526 bits per heavy atom. The highest BCUT2D eigenvalue weighted by atomic mass is 32.5. The van der Waals surface area contributed by atoms with Crippen molar-refractivity contribution in [3.05, 3.63) is 0 Å². The monoisotopic (exact) mass is 400 g/mol. The molecule has 0 aromatic rings. The minimum atomic E-state index is -3.81. The Balaban J connectivity index is -0.0000000793. The molecule has 0 heterocycles. The molecule has 9 N–H and O–H groups in total. The van der Waals surface area contributed by atoms with Crippen LogP contribution in [0.3, 0.4) is 0 Å². The fourth-order valence-corrected chi connectivity index (χ4v) is 0. The van der Waals surface area contributed by atoms with Gasteiger partial charge < -0.3 is 44.0 Å². The summed E-state index contributed by atoms with van der Waals surface area (Å²) in [4.78, 5) is 68.0. The molecule has 0 atom stereocenters. The molecule has 0 aromatic carbocycles. The van der Waals surface area contributed by atoms with Crippen LogP contribution in [0.25, 0.3) is 0 Å². The zero-order valence-corrected chi connectivity index (χ0v) is 15.1. The Morgan fingerprint density at radius 2 is 0.579 bits per heavy atom. The molecular formula is C4H19O9P3S3. The van der Waals surface area contributed by atoms with Crippen molar-refractivity contribution in [1.82, 2.24) is 0 Å². The fraction of sp³-hybridized carbons (Fsp3) is 1.00. The largest absolute Gasteiger partial charge is 0.325 e. The number of hydrogen-bond donors (Lipinski definition) is 9. The summed E-state index contributed by atoms with van der Waals surface area (Å²) in [5.41, 5.74) is 0. The zero-order valence-electron chi connectivity index (χ0n) is 10.0. The minimum absolute atomic E-state index is 1.32. The summed E-state index contributed by atoms with van der Waals surface area (Å²) >= 11 is 10.8.